The van der Waals surface area contributed by atoms with Crippen LogP contribution in [-0.2, 0) is 0 Å². The molecule has 0 bridgehead atoms. The molecule has 2 nitrogen and oxygen atoms in total. The molecular formula is C18H24N2. The Morgan fingerprint density at radius 3 is 1.90 bits per heavy atom. The van der Waals surface area contributed by atoms with Gasteiger partial charge in [-0.05, 0) is 74.2 Å². The average molecular weight is 268 g/mol. The molecule has 0 saturated carbocycles. The zero-order valence-electron chi connectivity index (χ0n) is 12.9. The van der Waals surface area contributed by atoms with Crippen molar-refractivity contribution in [3.63, 3.8) is 0 Å². The van der Waals surface area contributed by atoms with Gasteiger partial charge in [0.05, 0.1) is 0 Å². The summed E-state index contributed by atoms with van der Waals surface area (Å²) >= 11 is 0. The normalized spacial score (nSPS) is 10.6. The molecule has 2 aromatic carbocycles. The predicted octanol–water partition coefficient (Wildman–Crippen LogP) is 4.40. The van der Waals surface area contributed by atoms with Crippen LogP contribution >= 0.6 is 0 Å². The smallest absolute Gasteiger partial charge is 0.0396 e. The van der Waals surface area contributed by atoms with Gasteiger partial charge in [-0.3, -0.25) is 0 Å². The molecule has 0 aliphatic rings. The van der Waals surface area contributed by atoms with E-state index in [1.165, 1.54) is 22.4 Å². The summed E-state index contributed by atoms with van der Waals surface area (Å²) in [6, 6.07) is 12.9. The quantitative estimate of drug-likeness (QED) is 0.833. The monoisotopic (exact) mass is 268 g/mol. The van der Waals surface area contributed by atoms with Gasteiger partial charge < -0.3 is 10.6 Å². The zero-order valence-corrected chi connectivity index (χ0v) is 12.9. The number of rotatable bonds is 4. The maximum absolute atomic E-state index is 5.89. The van der Waals surface area contributed by atoms with Crippen molar-refractivity contribution in [2.24, 2.45) is 0 Å². The minimum absolute atomic E-state index is 0.852. The first kappa shape index (κ1) is 14.4. The molecule has 0 spiro atoms. The summed E-state index contributed by atoms with van der Waals surface area (Å²) in [5.41, 5.74) is 13.0. The number of hydrogen-bond donors (Lipinski definition) is 1. The molecule has 0 aromatic heterocycles. The van der Waals surface area contributed by atoms with E-state index in [-0.39, 0.29) is 0 Å². The van der Waals surface area contributed by atoms with E-state index >= 15 is 0 Å². The van der Waals surface area contributed by atoms with Gasteiger partial charge in [-0.2, -0.15) is 0 Å². The third kappa shape index (κ3) is 2.79. The molecule has 0 fully saturated rings. The molecule has 0 heterocycles. The third-order valence-corrected chi connectivity index (χ3v) is 3.90. The highest BCUT2D eigenvalue weighted by Gasteiger charge is 2.07. The molecule has 2 N–H and O–H groups in total. The summed E-state index contributed by atoms with van der Waals surface area (Å²) in [6.07, 6.45) is 0. The molecule has 2 rings (SSSR count). The molecule has 2 heteroatoms. The summed E-state index contributed by atoms with van der Waals surface area (Å²) in [5, 5.41) is 0. The maximum Gasteiger partial charge on any atom is 0.0396 e. The van der Waals surface area contributed by atoms with Gasteiger partial charge in [-0.25, -0.2) is 0 Å². The first-order chi connectivity index (χ1) is 9.56. The van der Waals surface area contributed by atoms with E-state index in [4.69, 9.17) is 5.73 Å². The lowest BCUT2D eigenvalue weighted by Gasteiger charge is -2.23. The van der Waals surface area contributed by atoms with E-state index < -0.39 is 0 Å². The lowest BCUT2D eigenvalue weighted by Crippen LogP contribution is -2.22. The number of nitrogen functional groups attached to an aromatic ring is 1. The Bertz CT molecular complexity index is 598. The van der Waals surface area contributed by atoms with Crippen LogP contribution in [-0.4, -0.2) is 13.1 Å². The highest BCUT2D eigenvalue weighted by Crippen LogP contribution is 2.28. The van der Waals surface area contributed by atoms with Crippen molar-refractivity contribution >= 4 is 11.4 Å². The van der Waals surface area contributed by atoms with Gasteiger partial charge in [0.15, 0.2) is 0 Å². The van der Waals surface area contributed by atoms with Crippen molar-refractivity contribution < 1.29 is 0 Å². The minimum atomic E-state index is 0.852. The number of hydrogen-bond acceptors (Lipinski definition) is 2. The van der Waals surface area contributed by atoms with Gasteiger partial charge in [0.1, 0.15) is 0 Å². The highest BCUT2D eigenvalue weighted by atomic mass is 15.1. The number of benzene rings is 2. The molecule has 106 valence electrons. The summed E-state index contributed by atoms with van der Waals surface area (Å²) < 4.78 is 0. The Morgan fingerprint density at radius 1 is 0.850 bits per heavy atom. The standard InChI is InChI=1S/C18H24N2/c1-5-20(6-2)18-10-8-16(12-14(18)4)15-7-9-17(19)13(3)11-15/h7-12H,5-6,19H2,1-4H3. The van der Waals surface area contributed by atoms with Crippen molar-refractivity contribution in [1.29, 1.82) is 0 Å². The minimum Gasteiger partial charge on any atom is -0.399 e. The van der Waals surface area contributed by atoms with E-state index in [0.717, 1.165) is 24.3 Å². The first-order valence-electron chi connectivity index (χ1n) is 7.29. The van der Waals surface area contributed by atoms with Crippen LogP contribution in [0.5, 0.6) is 0 Å². The number of aryl methyl sites for hydroxylation is 2. The Balaban J connectivity index is 2.40. The number of anilines is 2. The maximum atomic E-state index is 5.89. The second-order valence-electron chi connectivity index (χ2n) is 5.24. The van der Waals surface area contributed by atoms with Crippen LogP contribution in [0.2, 0.25) is 0 Å². The Kier molecular flexibility index (Phi) is 4.33. The second-order valence-corrected chi connectivity index (χ2v) is 5.24. The molecule has 0 radical (unpaired) electrons. The van der Waals surface area contributed by atoms with Crippen molar-refractivity contribution in [2.45, 2.75) is 27.7 Å². The second kappa shape index (κ2) is 6.00. The highest BCUT2D eigenvalue weighted by molar-refractivity contribution is 5.71. The molecule has 0 atom stereocenters. The molecule has 0 aliphatic carbocycles. The third-order valence-electron chi connectivity index (χ3n) is 3.90. The van der Waals surface area contributed by atoms with Crippen molar-refractivity contribution in [3.8, 4) is 11.1 Å². The number of nitrogens with two attached hydrogens (primary N) is 1. The molecule has 0 aliphatic heterocycles. The Labute approximate surface area is 122 Å². The van der Waals surface area contributed by atoms with Crippen LogP contribution in [0, 0.1) is 13.8 Å². The van der Waals surface area contributed by atoms with E-state index in [1.54, 1.807) is 0 Å². The van der Waals surface area contributed by atoms with Crippen LogP contribution < -0.4 is 10.6 Å². The van der Waals surface area contributed by atoms with Crippen LogP contribution in [0.25, 0.3) is 11.1 Å². The molecular weight excluding hydrogens is 244 g/mol. The fourth-order valence-corrected chi connectivity index (χ4v) is 2.61. The van der Waals surface area contributed by atoms with Gasteiger partial charge in [-0.15, -0.1) is 0 Å². The summed E-state index contributed by atoms with van der Waals surface area (Å²) in [7, 11) is 0. The van der Waals surface area contributed by atoms with Gasteiger partial charge in [0.25, 0.3) is 0 Å². The lowest BCUT2D eigenvalue weighted by atomic mass is 10.00. The average Bonchev–Trinajstić information content (AvgIpc) is 2.44. The zero-order chi connectivity index (χ0) is 14.7. The molecule has 0 saturated heterocycles. The van der Waals surface area contributed by atoms with E-state index in [9.17, 15) is 0 Å². The lowest BCUT2D eigenvalue weighted by molar-refractivity contribution is 0.862. The van der Waals surface area contributed by atoms with E-state index in [2.05, 4.69) is 62.9 Å². The SMILES string of the molecule is CCN(CC)c1ccc(-c2ccc(N)c(C)c2)cc1C. The fraction of sp³-hybridized carbons (Fsp3) is 0.333. The molecule has 0 unspecified atom stereocenters. The number of nitrogens with zero attached hydrogens (tertiary/aromatic N) is 1. The Hall–Kier alpha value is -1.96. The largest absolute Gasteiger partial charge is 0.399 e. The van der Waals surface area contributed by atoms with Crippen molar-refractivity contribution in [1.82, 2.24) is 0 Å². The topological polar surface area (TPSA) is 29.3 Å². The van der Waals surface area contributed by atoms with Gasteiger partial charge in [0.2, 0.25) is 0 Å². The fourth-order valence-electron chi connectivity index (χ4n) is 2.61. The van der Waals surface area contributed by atoms with Crippen LogP contribution in [0.4, 0.5) is 11.4 Å². The van der Waals surface area contributed by atoms with Gasteiger partial charge in [-0.1, -0.05) is 12.1 Å². The van der Waals surface area contributed by atoms with E-state index in [1.807, 2.05) is 6.07 Å². The first-order valence-corrected chi connectivity index (χ1v) is 7.29. The summed E-state index contributed by atoms with van der Waals surface area (Å²) in [5.74, 6) is 0. The van der Waals surface area contributed by atoms with Crippen LogP contribution in [0.3, 0.4) is 0 Å². The molecule has 2 aromatic rings. The van der Waals surface area contributed by atoms with Gasteiger partial charge >= 0.3 is 0 Å². The van der Waals surface area contributed by atoms with Crippen molar-refractivity contribution in [2.75, 3.05) is 23.7 Å². The molecule has 20 heavy (non-hydrogen) atoms. The summed E-state index contributed by atoms with van der Waals surface area (Å²) in [6.45, 7) is 10.7. The molecule has 0 amide bonds. The Morgan fingerprint density at radius 2 is 1.40 bits per heavy atom. The summed E-state index contributed by atoms with van der Waals surface area (Å²) in [4.78, 5) is 2.38. The van der Waals surface area contributed by atoms with Gasteiger partial charge in [0, 0.05) is 24.5 Å². The van der Waals surface area contributed by atoms with E-state index in [0.29, 0.717) is 0 Å². The van der Waals surface area contributed by atoms with Crippen LogP contribution in [0.1, 0.15) is 25.0 Å². The predicted molar refractivity (Wildman–Crippen MR) is 89.3 cm³/mol. The van der Waals surface area contributed by atoms with Crippen molar-refractivity contribution in [3.05, 3.63) is 47.5 Å². The van der Waals surface area contributed by atoms with Crippen LogP contribution in [0.15, 0.2) is 36.4 Å².